The summed E-state index contributed by atoms with van der Waals surface area (Å²) in [6.07, 6.45) is 1.47. The Hall–Kier alpha value is -4.26. The van der Waals surface area contributed by atoms with E-state index in [0.29, 0.717) is 23.0 Å². The number of rotatable bonds is 5. The lowest BCUT2D eigenvalue weighted by Crippen LogP contribution is -2.15. The highest BCUT2D eigenvalue weighted by molar-refractivity contribution is 5.86. The lowest BCUT2D eigenvalue weighted by Gasteiger charge is -2.10. The molecule has 10 heteroatoms. The van der Waals surface area contributed by atoms with Crippen molar-refractivity contribution in [3.05, 3.63) is 58.1 Å². The summed E-state index contributed by atoms with van der Waals surface area (Å²) < 4.78 is 5.70. The van der Waals surface area contributed by atoms with Crippen molar-refractivity contribution >= 4 is 29.2 Å². The minimum atomic E-state index is -0.478. The van der Waals surface area contributed by atoms with Crippen LogP contribution >= 0.6 is 0 Å². The van der Waals surface area contributed by atoms with Crippen LogP contribution in [0.25, 0.3) is 23.0 Å². The standard InChI is InChI=1S/C18H15N7O3/c1-24(2)18-22-16(21-17(20)23-18)12(10-19)9-14-6-7-15(28-14)11-4-3-5-13(8-11)25(26)27/h3-9H,1-2H3,(H2,20,21,22,23)/b12-9+. The molecule has 1 aromatic carbocycles. The van der Waals surface area contributed by atoms with Crippen LogP contribution in [-0.4, -0.2) is 34.0 Å². The Morgan fingerprint density at radius 1 is 1.29 bits per heavy atom. The van der Waals surface area contributed by atoms with Gasteiger partial charge >= 0.3 is 0 Å². The van der Waals surface area contributed by atoms with E-state index >= 15 is 0 Å². The second kappa shape index (κ2) is 7.55. The first kappa shape index (κ1) is 18.5. The van der Waals surface area contributed by atoms with E-state index in [1.807, 2.05) is 6.07 Å². The van der Waals surface area contributed by atoms with Gasteiger partial charge in [-0.2, -0.15) is 20.2 Å². The number of nitrogen functional groups attached to an aromatic ring is 1. The fraction of sp³-hybridized carbons (Fsp3) is 0.111. The van der Waals surface area contributed by atoms with E-state index < -0.39 is 4.92 Å². The third kappa shape index (κ3) is 3.94. The zero-order chi connectivity index (χ0) is 20.3. The number of non-ortho nitro benzene ring substituents is 1. The summed E-state index contributed by atoms with van der Waals surface area (Å²) in [6, 6.07) is 11.4. The minimum Gasteiger partial charge on any atom is -0.457 e. The lowest BCUT2D eigenvalue weighted by molar-refractivity contribution is -0.384. The summed E-state index contributed by atoms with van der Waals surface area (Å²) in [7, 11) is 3.48. The summed E-state index contributed by atoms with van der Waals surface area (Å²) in [5.74, 6) is 1.22. The Labute approximate surface area is 159 Å². The van der Waals surface area contributed by atoms with E-state index in [0.717, 1.165) is 0 Å². The van der Waals surface area contributed by atoms with E-state index in [1.165, 1.54) is 18.2 Å². The Kier molecular flexibility index (Phi) is 4.99. The molecule has 2 N–H and O–H groups in total. The number of furan rings is 1. The second-order valence-corrected chi connectivity index (χ2v) is 5.89. The van der Waals surface area contributed by atoms with Crippen molar-refractivity contribution in [1.82, 2.24) is 15.0 Å². The first-order valence-corrected chi connectivity index (χ1v) is 8.03. The summed E-state index contributed by atoms with van der Waals surface area (Å²) >= 11 is 0. The fourth-order valence-corrected chi connectivity index (χ4v) is 2.35. The van der Waals surface area contributed by atoms with Crippen molar-refractivity contribution < 1.29 is 9.34 Å². The molecule has 0 saturated carbocycles. The molecule has 10 nitrogen and oxygen atoms in total. The molecule has 0 atom stereocenters. The van der Waals surface area contributed by atoms with E-state index in [4.69, 9.17) is 10.2 Å². The molecule has 140 valence electrons. The van der Waals surface area contributed by atoms with Gasteiger partial charge in [-0.25, -0.2) is 0 Å². The highest BCUT2D eigenvalue weighted by Crippen LogP contribution is 2.27. The van der Waals surface area contributed by atoms with Crippen LogP contribution in [0.2, 0.25) is 0 Å². The molecule has 0 aliphatic heterocycles. The van der Waals surface area contributed by atoms with Gasteiger partial charge in [0.25, 0.3) is 5.69 Å². The first-order valence-electron chi connectivity index (χ1n) is 8.03. The number of nitro benzene ring substituents is 1. The molecule has 0 radical (unpaired) electrons. The van der Waals surface area contributed by atoms with Crippen molar-refractivity contribution in [1.29, 1.82) is 5.26 Å². The molecule has 0 bridgehead atoms. The monoisotopic (exact) mass is 377 g/mol. The molecule has 0 amide bonds. The SMILES string of the molecule is CN(C)c1nc(N)nc(/C(C#N)=C/c2ccc(-c3cccc([N+](=O)[O-])c3)o2)n1. The maximum absolute atomic E-state index is 10.9. The average molecular weight is 377 g/mol. The van der Waals surface area contributed by atoms with Gasteiger partial charge in [0.2, 0.25) is 11.9 Å². The fourth-order valence-electron chi connectivity index (χ4n) is 2.35. The Bertz CT molecular complexity index is 1110. The maximum atomic E-state index is 10.9. The molecule has 0 saturated heterocycles. The zero-order valence-electron chi connectivity index (χ0n) is 15.0. The maximum Gasteiger partial charge on any atom is 0.270 e. The van der Waals surface area contributed by atoms with Crippen molar-refractivity contribution in [3.63, 3.8) is 0 Å². The Morgan fingerprint density at radius 3 is 2.75 bits per heavy atom. The van der Waals surface area contributed by atoms with Gasteiger partial charge in [0, 0.05) is 37.9 Å². The van der Waals surface area contributed by atoms with Gasteiger partial charge in [0.05, 0.1) is 4.92 Å². The molecule has 0 fully saturated rings. The van der Waals surface area contributed by atoms with Crippen LogP contribution < -0.4 is 10.6 Å². The van der Waals surface area contributed by atoms with Crippen molar-refractivity contribution in [2.24, 2.45) is 0 Å². The molecule has 2 aromatic heterocycles. The lowest BCUT2D eigenvalue weighted by atomic mass is 10.1. The van der Waals surface area contributed by atoms with Gasteiger partial charge in [-0.1, -0.05) is 12.1 Å². The first-order chi connectivity index (χ1) is 13.4. The van der Waals surface area contributed by atoms with Crippen LogP contribution in [0, 0.1) is 21.4 Å². The molecule has 0 aliphatic carbocycles. The van der Waals surface area contributed by atoms with Crippen molar-refractivity contribution in [2.45, 2.75) is 0 Å². The molecule has 3 rings (SSSR count). The summed E-state index contributed by atoms with van der Waals surface area (Å²) in [5.41, 5.74) is 6.34. The second-order valence-electron chi connectivity index (χ2n) is 5.89. The third-order valence-corrected chi connectivity index (χ3v) is 3.66. The number of nitriles is 1. The van der Waals surface area contributed by atoms with E-state index in [2.05, 4.69) is 15.0 Å². The predicted octanol–water partition coefficient (Wildman–Crippen LogP) is 2.75. The largest absolute Gasteiger partial charge is 0.457 e. The number of aromatic nitrogens is 3. The smallest absolute Gasteiger partial charge is 0.270 e. The van der Waals surface area contributed by atoms with Gasteiger partial charge < -0.3 is 15.1 Å². The third-order valence-electron chi connectivity index (χ3n) is 3.66. The van der Waals surface area contributed by atoms with Gasteiger partial charge in [0.1, 0.15) is 23.2 Å². The number of nitrogens with two attached hydrogens (primary N) is 1. The average Bonchev–Trinajstić information content (AvgIpc) is 3.14. The van der Waals surface area contributed by atoms with E-state index in [-0.39, 0.29) is 23.0 Å². The van der Waals surface area contributed by atoms with Gasteiger partial charge in [-0.15, -0.1) is 0 Å². The number of nitro groups is 1. The normalized spacial score (nSPS) is 11.1. The molecule has 0 spiro atoms. The van der Waals surface area contributed by atoms with E-state index in [9.17, 15) is 15.4 Å². The molecule has 3 aromatic rings. The number of allylic oxidation sites excluding steroid dienone is 1. The Balaban J connectivity index is 1.97. The summed E-state index contributed by atoms with van der Waals surface area (Å²) in [4.78, 5) is 24.3. The zero-order valence-corrected chi connectivity index (χ0v) is 15.0. The quantitative estimate of drug-likeness (QED) is 0.402. The predicted molar refractivity (Wildman–Crippen MR) is 103 cm³/mol. The van der Waals surface area contributed by atoms with Crippen molar-refractivity contribution in [3.8, 4) is 17.4 Å². The van der Waals surface area contributed by atoms with Crippen LogP contribution in [-0.2, 0) is 0 Å². The van der Waals surface area contributed by atoms with Crippen LogP contribution in [0.1, 0.15) is 11.6 Å². The topological polar surface area (TPSA) is 148 Å². The minimum absolute atomic E-state index is 0.00780. The summed E-state index contributed by atoms with van der Waals surface area (Å²) in [6.45, 7) is 0. The van der Waals surface area contributed by atoms with Gasteiger partial charge in [-0.05, 0) is 12.1 Å². The Morgan fingerprint density at radius 2 is 2.07 bits per heavy atom. The van der Waals surface area contributed by atoms with Crippen LogP contribution in [0.5, 0.6) is 0 Å². The molecule has 0 aliphatic rings. The number of hydrogen-bond acceptors (Lipinski definition) is 9. The molecular weight excluding hydrogens is 362 g/mol. The molecule has 2 heterocycles. The number of nitrogens with zero attached hydrogens (tertiary/aromatic N) is 6. The number of hydrogen-bond donors (Lipinski definition) is 1. The molecular formula is C18H15N7O3. The van der Waals surface area contributed by atoms with Crippen LogP contribution in [0.15, 0.2) is 40.8 Å². The van der Waals surface area contributed by atoms with Gasteiger partial charge in [-0.3, -0.25) is 10.1 Å². The molecule has 28 heavy (non-hydrogen) atoms. The van der Waals surface area contributed by atoms with E-state index in [1.54, 1.807) is 43.3 Å². The number of benzene rings is 1. The highest BCUT2D eigenvalue weighted by atomic mass is 16.6. The van der Waals surface area contributed by atoms with Crippen LogP contribution in [0.3, 0.4) is 0 Å². The van der Waals surface area contributed by atoms with Gasteiger partial charge in [0.15, 0.2) is 5.82 Å². The summed E-state index contributed by atoms with van der Waals surface area (Å²) in [5, 5.41) is 20.4. The number of anilines is 2. The van der Waals surface area contributed by atoms with Crippen LogP contribution in [0.4, 0.5) is 17.6 Å². The van der Waals surface area contributed by atoms with Crippen molar-refractivity contribution in [2.75, 3.05) is 24.7 Å². The highest BCUT2D eigenvalue weighted by Gasteiger charge is 2.13. The molecule has 0 unspecified atom stereocenters.